The van der Waals surface area contributed by atoms with Crippen LogP contribution in [0.5, 0.6) is 0 Å². The van der Waals surface area contributed by atoms with Crippen molar-refractivity contribution in [3.63, 3.8) is 0 Å². The highest BCUT2D eigenvalue weighted by Gasteiger charge is 2.38. The van der Waals surface area contributed by atoms with Crippen LogP contribution in [0.3, 0.4) is 0 Å². The minimum absolute atomic E-state index is 0.0926. The summed E-state index contributed by atoms with van der Waals surface area (Å²) < 4.78 is 42.9. The zero-order chi connectivity index (χ0) is 12.6. The summed E-state index contributed by atoms with van der Waals surface area (Å²) in [5, 5.41) is 0. The third kappa shape index (κ3) is 2.35. The molecule has 90 valence electrons. The number of benzene rings is 1. The van der Waals surface area contributed by atoms with Crippen molar-refractivity contribution in [2.75, 3.05) is 0 Å². The second-order valence-electron chi connectivity index (χ2n) is 3.96. The average Bonchev–Trinajstić information content (AvgIpc) is 2.61. The smallest absolute Gasteiger partial charge is 0.450 e. The Balaban J connectivity index is 2.55. The fraction of sp³-hybridized carbons (Fsp3) is 0.231. The van der Waals surface area contributed by atoms with Gasteiger partial charge in [-0.25, -0.2) is 0 Å². The minimum Gasteiger partial charge on any atom is -0.456 e. The van der Waals surface area contributed by atoms with E-state index in [4.69, 9.17) is 4.42 Å². The van der Waals surface area contributed by atoms with E-state index in [0.717, 1.165) is 5.56 Å². The van der Waals surface area contributed by atoms with Crippen LogP contribution in [0.25, 0.3) is 11.1 Å². The molecule has 2 aromatic rings. The van der Waals surface area contributed by atoms with Crippen molar-refractivity contribution in [2.24, 2.45) is 0 Å². The molecule has 0 N–H and O–H groups in total. The van der Waals surface area contributed by atoms with Crippen LogP contribution in [0, 0.1) is 13.8 Å². The van der Waals surface area contributed by atoms with Crippen LogP contribution in [0.4, 0.5) is 13.2 Å². The van der Waals surface area contributed by atoms with E-state index in [1.165, 1.54) is 13.0 Å². The fourth-order valence-electron chi connectivity index (χ4n) is 1.67. The first kappa shape index (κ1) is 11.8. The maximum absolute atomic E-state index is 12.7. The van der Waals surface area contributed by atoms with Gasteiger partial charge >= 0.3 is 6.18 Å². The summed E-state index contributed by atoms with van der Waals surface area (Å²) in [7, 11) is 0. The van der Waals surface area contributed by atoms with Gasteiger partial charge in [-0.05, 0) is 25.5 Å². The summed E-state index contributed by atoms with van der Waals surface area (Å²) in [4.78, 5) is 0. The standard InChI is InChI=1S/C13H11F3O/c1-8-3-5-10(6-4-8)11-7-9(2)17-12(11)13(14,15)16/h3-7H,1-2H3. The lowest BCUT2D eigenvalue weighted by atomic mass is 10.0. The fourth-order valence-corrected chi connectivity index (χ4v) is 1.67. The van der Waals surface area contributed by atoms with Gasteiger partial charge in [0.15, 0.2) is 0 Å². The summed E-state index contributed by atoms with van der Waals surface area (Å²) >= 11 is 0. The molecule has 0 aliphatic rings. The molecule has 1 aromatic carbocycles. The number of hydrogen-bond donors (Lipinski definition) is 0. The van der Waals surface area contributed by atoms with E-state index in [2.05, 4.69) is 0 Å². The lowest BCUT2D eigenvalue weighted by molar-refractivity contribution is -0.152. The number of alkyl halides is 3. The molecule has 1 heterocycles. The highest BCUT2D eigenvalue weighted by atomic mass is 19.4. The second-order valence-corrected chi connectivity index (χ2v) is 3.96. The van der Waals surface area contributed by atoms with E-state index in [1.807, 2.05) is 6.92 Å². The molecular formula is C13H11F3O. The van der Waals surface area contributed by atoms with Crippen LogP contribution in [-0.2, 0) is 6.18 Å². The Labute approximate surface area is 96.9 Å². The first-order chi connectivity index (χ1) is 7.88. The zero-order valence-electron chi connectivity index (χ0n) is 9.43. The molecule has 0 atom stereocenters. The number of furan rings is 1. The summed E-state index contributed by atoms with van der Waals surface area (Å²) in [6.45, 7) is 3.39. The van der Waals surface area contributed by atoms with Gasteiger partial charge in [0, 0.05) is 5.56 Å². The molecule has 0 aliphatic carbocycles. The molecule has 0 unspecified atom stereocenters. The van der Waals surface area contributed by atoms with Crippen LogP contribution in [0.2, 0.25) is 0 Å². The summed E-state index contributed by atoms with van der Waals surface area (Å²) in [5.74, 6) is -0.674. The van der Waals surface area contributed by atoms with E-state index >= 15 is 0 Å². The van der Waals surface area contributed by atoms with Crippen LogP contribution < -0.4 is 0 Å². The SMILES string of the molecule is Cc1ccc(-c2cc(C)oc2C(F)(F)F)cc1. The highest BCUT2D eigenvalue weighted by Crippen LogP contribution is 2.39. The normalized spacial score (nSPS) is 11.8. The lowest BCUT2D eigenvalue weighted by Gasteiger charge is -2.06. The number of halogens is 3. The van der Waals surface area contributed by atoms with Gasteiger partial charge in [0.05, 0.1) is 0 Å². The van der Waals surface area contributed by atoms with Crippen LogP contribution in [0.1, 0.15) is 17.1 Å². The van der Waals surface area contributed by atoms with Crippen molar-refractivity contribution in [2.45, 2.75) is 20.0 Å². The van der Waals surface area contributed by atoms with Crippen molar-refractivity contribution in [3.8, 4) is 11.1 Å². The zero-order valence-corrected chi connectivity index (χ0v) is 9.43. The van der Waals surface area contributed by atoms with E-state index in [9.17, 15) is 13.2 Å². The van der Waals surface area contributed by atoms with Crippen molar-refractivity contribution < 1.29 is 17.6 Å². The van der Waals surface area contributed by atoms with Gasteiger partial charge in [0.25, 0.3) is 0 Å². The van der Waals surface area contributed by atoms with E-state index < -0.39 is 11.9 Å². The van der Waals surface area contributed by atoms with Crippen molar-refractivity contribution in [1.82, 2.24) is 0 Å². The Kier molecular flexibility index (Phi) is 2.73. The van der Waals surface area contributed by atoms with E-state index in [1.54, 1.807) is 24.3 Å². The molecule has 0 radical (unpaired) electrons. The van der Waals surface area contributed by atoms with Gasteiger partial charge in [-0.2, -0.15) is 13.2 Å². The molecule has 0 amide bonds. The maximum Gasteiger partial charge on any atom is 0.450 e. The molecule has 0 aliphatic heterocycles. The van der Waals surface area contributed by atoms with E-state index in [-0.39, 0.29) is 11.3 Å². The monoisotopic (exact) mass is 240 g/mol. The molecule has 0 saturated carbocycles. The van der Waals surface area contributed by atoms with Crippen LogP contribution >= 0.6 is 0 Å². The Morgan fingerprint density at radius 3 is 2.12 bits per heavy atom. The molecule has 17 heavy (non-hydrogen) atoms. The van der Waals surface area contributed by atoms with Crippen LogP contribution in [0.15, 0.2) is 34.7 Å². The molecule has 4 heteroatoms. The number of rotatable bonds is 1. The predicted molar refractivity (Wildman–Crippen MR) is 58.6 cm³/mol. The first-order valence-electron chi connectivity index (χ1n) is 5.12. The summed E-state index contributed by atoms with van der Waals surface area (Å²) in [5.41, 5.74) is 1.61. The van der Waals surface area contributed by atoms with Crippen LogP contribution in [-0.4, -0.2) is 0 Å². The quantitative estimate of drug-likeness (QED) is 0.711. The summed E-state index contributed by atoms with van der Waals surface area (Å²) in [6.07, 6.45) is -4.46. The Hall–Kier alpha value is -1.71. The van der Waals surface area contributed by atoms with Gasteiger partial charge < -0.3 is 4.42 Å². The van der Waals surface area contributed by atoms with Gasteiger partial charge in [-0.15, -0.1) is 0 Å². The Morgan fingerprint density at radius 1 is 1.00 bits per heavy atom. The molecule has 0 bridgehead atoms. The molecular weight excluding hydrogens is 229 g/mol. The molecule has 2 rings (SSSR count). The lowest BCUT2D eigenvalue weighted by Crippen LogP contribution is -2.04. The van der Waals surface area contributed by atoms with Crippen molar-refractivity contribution in [1.29, 1.82) is 0 Å². The molecule has 1 nitrogen and oxygen atoms in total. The highest BCUT2D eigenvalue weighted by molar-refractivity contribution is 5.67. The third-order valence-corrected chi connectivity index (χ3v) is 2.48. The largest absolute Gasteiger partial charge is 0.456 e. The molecule has 0 fully saturated rings. The number of hydrogen-bond acceptors (Lipinski definition) is 1. The summed E-state index contributed by atoms with van der Waals surface area (Å²) in [6, 6.07) is 8.28. The Morgan fingerprint density at radius 2 is 1.59 bits per heavy atom. The molecule has 0 saturated heterocycles. The first-order valence-corrected chi connectivity index (χ1v) is 5.12. The Bertz CT molecular complexity index is 521. The third-order valence-electron chi connectivity index (χ3n) is 2.48. The topological polar surface area (TPSA) is 13.1 Å². The minimum atomic E-state index is -4.46. The van der Waals surface area contributed by atoms with Gasteiger partial charge in [0.2, 0.25) is 5.76 Å². The van der Waals surface area contributed by atoms with Crippen molar-refractivity contribution >= 4 is 0 Å². The predicted octanol–water partition coefficient (Wildman–Crippen LogP) is 4.58. The average molecular weight is 240 g/mol. The molecule has 1 aromatic heterocycles. The second kappa shape index (κ2) is 3.95. The van der Waals surface area contributed by atoms with Crippen molar-refractivity contribution in [3.05, 3.63) is 47.4 Å². The molecule has 0 spiro atoms. The maximum atomic E-state index is 12.7. The number of aryl methyl sites for hydroxylation is 2. The van der Waals surface area contributed by atoms with Gasteiger partial charge in [0.1, 0.15) is 5.76 Å². The van der Waals surface area contributed by atoms with Gasteiger partial charge in [-0.1, -0.05) is 29.8 Å². The van der Waals surface area contributed by atoms with E-state index in [0.29, 0.717) is 5.56 Å². The van der Waals surface area contributed by atoms with Gasteiger partial charge in [-0.3, -0.25) is 0 Å².